The van der Waals surface area contributed by atoms with Gasteiger partial charge in [0.25, 0.3) is 0 Å². The molecule has 0 aromatic heterocycles. The van der Waals surface area contributed by atoms with Gasteiger partial charge in [0, 0.05) is 0 Å². The van der Waals surface area contributed by atoms with E-state index in [2.05, 4.69) is 5.32 Å². The average Bonchev–Trinajstić information content (AvgIpc) is 1.27. The Morgan fingerprint density at radius 3 is 1.22 bits per heavy atom. The number of rotatable bonds is 0. The van der Waals surface area contributed by atoms with Gasteiger partial charge >= 0.3 is 10.4 Å². The molecule has 6 nitrogen and oxygen atoms in total. The second-order valence-corrected chi connectivity index (χ2v) is 1.84. The van der Waals surface area contributed by atoms with Gasteiger partial charge in [0.2, 0.25) is 0 Å². The predicted molar refractivity (Wildman–Crippen MR) is 32.8 cm³/mol. The molecule has 0 aromatic rings. The Kier molecular flexibility index (Phi) is 13.8. The zero-order chi connectivity index (χ0) is 7.21. The summed E-state index contributed by atoms with van der Waals surface area (Å²) < 4.78 is 31.6. The van der Waals surface area contributed by atoms with Gasteiger partial charge in [0.1, 0.15) is 0 Å². The Morgan fingerprint density at radius 1 is 1.22 bits per heavy atom. The molecule has 0 amide bonds. The molecule has 0 saturated carbocycles. The van der Waals surface area contributed by atoms with Crippen LogP contribution in [0.3, 0.4) is 0 Å². The SMILES string of the molecule is CNC.O.O=S(=O)(O)O. The normalized spacial score (nSPS) is 8.44. The molecule has 0 unspecified atom stereocenters. The lowest BCUT2D eigenvalue weighted by Crippen LogP contribution is -1.89. The van der Waals surface area contributed by atoms with E-state index in [0.717, 1.165) is 0 Å². The van der Waals surface area contributed by atoms with E-state index in [-0.39, 0.29) is 5.48 Å². The minimum Gasteiger partial charge on any atom is -0.412 e. The zero-order valence-electron chi connectivity index (χ0n) is 5.12. The third-order valence-corrected chi connectivity index (χ3v) is 0. The fraction of sp³-hybridized carbons (Fsp3) is 1.00. The minimum atomic E-state index is -4.67. The Hall–Kier alpha value is -0.210. The molecule has 0 spiro atoms. The van der Waals surface area contributed by atoms with Gasteiger partial charge in [-0.25, -0.2) is 0 Å². The second kappa shape index (κ2) is 7.79. The molecule has 0 bridgehead atoms. The van der Waals surface area contributed by atoms with Crippen LogP contribution in [0.4, 0.5) is 0 Å². The summed E-state index contributed by atoms with van der Waals surface area (Å²) in [5.74, 6) is 0. The largest absolute Gasteiger partial charge is 0.412 e. The summed E-state index contributed by atoms with van der Waals surface area (Å²) in [4.78, 5) is 0. The van der Waals surface area contributed by atoms with Crippen LogP contribution in [0.5, 0.6) is 0 Å². The monoisotopic (exact) mass is 161 g/mol. The molecule has 0 aromatic carbocycles. The van der Waals surface area contributed by atoms with Crippen LogP contribution in [0.2, 0.25) is 0 Å². The third-order valence-electron chi connectivity index (χ3n) is 0. The molecule has 0 aliphatic carbocycles. The van der Waals surface area contributed by atoms with Gasteiger partial charge in [-0.2, -0.15) is 8.42 Å². The summed E-state index contributed by atoms with van der Waals surface area (Å²) in [7, 11) is -0.917. The van der Waals surface area contributed by atoms with Gasteiger partial charge in [0.15, 0.2) is 0 Å². The fourth-order valence-electron chi connectivity index (χ4n) is 0. The quantitative estimate of drug-likeness (QED) is 0.368. The van der Waals surface area contributed by atoms with Crippen molar-refractivity contribution in [1.29, 1.82) is 0 Å². The highest BCUT2D eigenvalue weighted by molar-refractivity contribution is 7.79. The van der Waals surface area contributed by atoms with Gasteiger partial charge in [-0.3, -0.25) is 9.11 Å². The van der Waals surface area contributed by atoms with Gasteiger partial charge < -0.3 is 10.8 Å². The van der Waals surface area contributed by atoms with Crippen molar-refractivity contribution in [3.05, 3.63) is 0 Å². The molecule has 60 valence electrons. The topological polar surface area (TPSA) is 118 Å². The van der Waals surface area contributed by atoms with Crippen molar-refractivity contribution in [3.63, 3.8) is 0 Å². The molecule has 0 fully saturated rings. The van der Waals surface area contributed by atoms with E-state index in [1.54, 1.807) is 0 Å². The molecule has 5 N–H and O–H groups in total. The van der Waals surface area contributed by atoms with Gasteiger partial charge in [0.05, 0.1) is 0 Å². The molecule has 0 aliphatic heterocycles. The lowest BCUT2D eigenvalue weighted by molar-refractivity contribution is 0.381. The van der Waals surface area contributed by atoms with Crippen LogP contribution in [-0.4, -0.2) is 37.1 Å². The molecule has 7 heteroatoms. The van der Waals surface area contributed by atoms with Crippen molar-refractivity contribution in [2.24, 2.45) is 0 Å². The van der Waals surface area contributed by atoms with E-state index in [1.807, 2.05) is 14.1 Å². The maximum absolute atomic E-state index is 8.74. The summed E-state index contributed by atoms with van der Waals surface area (Å²) in [5.41, 5.74) is 0. The van der Waals surface area contributed by atoms with Crippen LogP contribution in [0.25, 0.3) is 0 Å². The molecule has 0 aliphatic rings. The Balaban J connectivity index is -0.0000000800. The fourth-order valence-corrected chi connectivity index (χ4v) is 0. The number of nitrogens with one attached hydrogen (secondary N) is 1. The highest BCUT2D eigenvalue weighted by Crippen LogP contribution is 1.59. The Labute approximate surface area is 53.8 Å². The first kappa shape index (κ1) is 15.9. The van der Waals surface area contributed by atoms with Crippen LogP contribution in [0.1, 0.15) is 0 Å². The molecule has 0 saturated heterocycles. The number of hydrogen-bond donors (Lipinski definition) is 3. The summed E-state index contributed by atoms with van der Waals surface area (Å²) in [6, 6.07) is 0. The third kappa shape index (κ3) is 5920. The maximum Gasteiger partial charge on any atom is 0.394 e. The van der Waals surface area contributed by atoms with Crippen molar-refractivity contribution >= 4 is 10.4 Å². The Bertz CT molecular complexity index is 109. The first-order chi connectivity index (χ1) is 3.41. The summed E-state index contributed by atoms with van der Waals surface area (Å²) >= 11 is 0. The lowest BCUT2D eigenvalue weighted by atomic mass is 11.3. The van der Waals surface area contributed by atoms with Crippen LogP contribution >= 0.6 is 0 Å². The standard InChI is InChI=1S/C2H7N.H2O4S.H2O/c1-3-2;1-5(2,3)4;/h3H,1-2H3;(H2,1,2,3,4);1H2. The summed E-state index contributed by atoms with van der Waals surface area (Å²) in [6.45, 7) is 0. The molecule has 0 rings (SSSR count). The van der Waals surface area contributed by atoms with Crippen molar-refractivity contribution in [3.8, 4) is 0 Å². The highest BCUT2D eigenvalue weighted by Gasteiger charge is 1.84. The van der Waals surface area contributed by atoms with Crippen molar-refractivity contribution in [2.45, 2.75) is 0 Å². The highest BCUT2D eigenvalue weighted by atomic mass is 32.3. The van der Waals surface area contributed by atoms with E-state index in [9.17, 15) is 0 Å². The first-order valence-electron chi connectivity index (χ1n) is 1.70. The van der Waals surface area contributed by atoms with Crippen molar-refractivity contribution < 1.29 is 23.0 Å². The van der Waals surface area contributed by atoms with E-state index >= 15 is 0 Å². The van der Waals surface area contributed by atoms with E-state index < -0.39 is 10.4 Å². The van der Waals surface area contributed by atoms with Crippen molar-refractivity contribution in [1.82, 2.24) is 5.32 Å². The number of hydrogen-bond acceptors (Lipinski definition) is 3. The van der Waals surface area contributed by atoms with Gasteiger partial charge in [-0.15, -0.1) is 0 Å². The molecule has 0 atom stereocenters. The minimum absolute atomic E-state index is 0. The summed E-state index contributed by atoms with van der Waals surface area (Å²) in [5, 5.41) is 2.75. The van der Waals surface area contributed by atoms with Gasteiger partial charge in [-0.1, -0.05) is 0 Å². The summed E-state index contributed by atoms with van der Waals surface area (Å²) in [6.07, 6.45) is 0. The van der Waals surface area contributed by atoms with Crippen LogP contribution in [0, 0.1) is 0 Å². The van der Waals surface area contributed by atoms with E-state index in [4.69, 9.17) is 17.5 Å². The zero-order valence-corrected chi connectivity index (χ0v) is 5.94. The molecule has 9 heavy (non-hydrogen) atoms. The average molecular weight is 161 g/mol. The van der Waals surface area contributed by atoms with Crippen LogP contribution < -0.4 is 5.32 Å². The van der Waals surface area contributed by atoms with E-state index in [0.29, 0.717) is 0 Å². The van der Waals surface area contributed by atoms with Crippen LogP contribution in [0.15, 0.2) is 0 Å². The van der Waals surface area contributed by atoms with Crippen LogP contribution in [-0.2, 0) is 10.4 Å². The second-order valence-electron chi connectivity index (χ2n) is 0.948. The molecule has 0 radical (unpaired) electrons. The molecule has 0 heterocycles. The van der Waals surface area contributed by atoms with Crippen molar-refractivity contribution in [2.75, 3.05) is 14.1 Å². The maximum atomic E-state index is 8.74. The smallest absolute Gasteiger partial charge is 0.394 e. The van der Waals surface area contributed by atoms with Gasteiger partial charge in [-0.05, 0) is 14.1 Å². The lowest BCUT2D eigenvalue weighted by Gasteiger charge is -1.68. The van der Waals surface area contributed by atoms with E-state index in [1.165, 1.54) is 0 Å². The predicted octanol–water partition coefficient (Wildman–Crippen LogP) is -1.64. The Morgan fingerprint density at radius 2 is 1.22 bits per heavy atom. The molecular weight excluding hydrogens is 150 g/mol. The molecular formula is C2H11NO5S. The first-order valence-corrected chi connectivity index (χ1v) is 3.10.